The van der Waals surface area contributed by atoms with Crippen molar-refractivity contribution in [2.45, 2.75) is 46.3 Å². The third kappa shape index (κ3) is 5.72. The number of para-hydroxylation sites is 1. The SMILES string of the molecule is CCC(=O)NCc1cccc(O)c1NC(=O)OC(C)(C)C. The minimum Gasteiger partial charge on any atom is -0.506 e. The smallest absolute Gasteiger partial charge is 0.412 e. The number of anilines is 1. The predicted molar refractivity (Wildman–Crippen MR) is 80.1 cm³/mol. The van der Waals surface area contributed by atoms with Crippen LogP contribution < -0.4 is 10.6 Å². The van der Waals surface area contributed by atoms with Crippen molar-refractivity contribution in [1.29, 1.82) is 0 Å². The first kappa shape index (κ1) is 16.8. The molecule has 6 heteroatoms. The second-order valence-corrected chi connectivity index (χ2v) is 5.57. The first-order valence-electron chi connectivity index (χ1n) is 6.80. The summed E-state index contributed by atoms with van der Waals surface area (Å²) in [5.74, 6) is -0.189. The molecule has 0 aliphatic carbocycles. The number of carbonyl (C=O) groups is 2. The molecule has 0 aromatic heterocycles. The Morgan fingerprint density at radius 2 is 1.95 bits per heavy atom. The van der Waals surface area contributed by atoms with Gasteiger partial charge in [-0.2, -0.15) is 0 Å². The summed E-state index contributed by atoms with van der Waals surface area (Å²) in [5, 5.41) is 15.1. The summed E-state index contributed by atoms with van der Waals surface area (Å²) in [4.78, 5) is 23.1. The molecule has 6 nitrogen and oxygen atoms in total. The van der Waals surface area contributed by atoms with Crippen LogP contribution in [0.5, 0.6) is 5.75 Å². The van der Waals surface area contributed by atoms with E-state index in [0.29, 0.717) is 12.0 Å². The highest BCUT2D eigenvalue weighted by atomic mass is 16.6. The molecule has 0 atom stereocenters. The minimum absolute atomic E-state index is 0.0795. The molecule has 0 aliphatic rings. The van der Waals surface area contributed by atoms with E-state index in [1.165, 1.54) is 6.07 Å². The number of benzene rings is 1. The largest absolute Gasteiger partial charge is 0.506 e. The van der Waals surface area contributed by atoms with Gasteiger partial charge in [-0.1, -0.05) is 19.1 Å². The van der Waals surface area contributed by atoms with Crippen LogP contribution in [0.2, 0.25) is 0 Å². The molecule has 21 heavy (non-hydrogen) atoms. The molecule has 1 aromatic carbocycles. The first-order chi connectivity index (χ1) is 9.73. The van der Waals surface area contributed by atoms with Gasteiger partial charge < -0.3 is 15.2 Å². The van der Waals surface area contributed by atoms with Crippen molar-refractivity contribution in [2.75, 3.05) is 5.32 Å². The van der Waals surface area contributed by atoms with Crippen LogP contribution in [-0.2, 0) is 16.1 Å². The Hall–Kier alpha value is -2.24. The Balaban J connectivity index is 2.85. The van der Waals surface area contributed by atoms with Crippen molar-refractivity contribution in [1.82, 2.24) is 5.32 Å². The van der Waals surface area contributed by atoms with Crippen molar-refractivity contribution < 1.29 is 19.4 Å². The highest BCUT2D eigenvalue weighted by molar-refractivity contribution is 5.88. The molecular weight excluding hydrogens is 272 g/mol. The van der Waals surface area contributed by atoms with Gasteiger partial charge in [0.1, 0.15) is 11.4 Å². The lowest BCUT2D eigenvalue weighted by atomic mass is 10.1. The number of hydrogen-bond acceptors (Lipinski definition) is 4. The molecular formula is C15H22N2O4. The maximum Gasteiger partial charge on any atom is 0.412 e. The quantitative estimate of drug-likeness (QED) is 0.745. The number of phenolic OH excluding ortho intramolecular Hbond substituents is 1. The van der Waals surface area contributed by atoms with E-state index in [4.69, 9.17) is 4.74 Å². The Labute approximate surface area is 124 Å². The van der Waals surface area contributed by atoms with Crippen LogP contribution in [0.4, 0.5) is 10.5 Å². The van der Waals surface area contributed by atoms with Crippen LogP contribution in [0.25, 0.3) is 0 Å². The monoisotopic (exact) mass is 294 g/mol. The van der Waals surface area contributed by atoms with Crippen molar-refractivity contribution in [3.05, 3.63) is 23.8 Å². The fourth-order valence-electron chi connectivity index (χ4n) is 1.60. The van der Waals surface area contributed by atoms with Gasteiger partial charge in [-0.05, 0) is 32.4 Å². The van der Waals surface area contributed by atoms with Crippen molar-refractivity contribution >= 4 is 17.7 Å². The number of phenols is 1. The van der Waals surface area contributed by atoms with Crippen LogP contribution in [-0.4, -0.2) is 22.7 Å². The second kappa shape index (κ2) is 6.97. The second-order valence-electron chi connectivity index (χ2n) is 5.57. The Kier molecular flexibility index (Phi) is 5.58. The van der Waals surface area contributed by atoms with E-state index in [1.807, 2.05) is 0 Å². The predicted octanol–water partition coefficient (Wildman–Crippen LogP) is 2.77. The van der Waals surface area contributed by atoms with Gasteiger partial charge in [0.05, 0.1) is 5.69 Å². The lowest BCUT2D eigenvalue weighted by molar-refractivity contribution is -0.120. The molecule has 0 radical (unpaired) electrons. The molecule has 1 rings (SSSR count). The van der Waals surface area contributed by atoms with E-state index in [9.17, 15) is 14.7 Å². The summed E-state index contributed by atoms with van der Waals surface area (Å²) in [6.45, 7) is 7.21. The van der Waals surface area contributed by atoms with Crippen LogP contribution >= 0.6 is 0 Å². The summed E-state index contributed by atoms with van der Waals surface area (Å²) in [7, 11) is 0. The summed E-state index contributed by atoms with van der Waals surface area (Å²) < 4.78 is 5.15. The number of rotatable bonds is 4. The third-order valence-corrected chi connectivity index (χ3v) is 2.55. The highest BCUT2D eigenvalue weighted by Gasteiger charge is 2.18. The number of carbonyl (C=O) groups excluding carboxylic acids is 2. The molecule has 0 aliphatic heterocycles. The fraction of sp³-hybridized carbons (Fsp3) is 0.467. The Bertz CT molecular complexity index is 521. The van der Waals surface area contributed by atoms with E-state index < -0.39 is 11.7 Å². The molecule has 2 amide bonds. The van der Waals surface area contributed by atoms with Crippen molar-refractivity contribution in [2.24, 2.45) is 0 Å². The number of hydrogen-bond donors (Lipinski definition) is 3. The Morgan fingerprint density at radius 1 is 1.29 bits per heavy atom. The summed E-state index contributed by atoms with van der Waals surface area (Å²) in [6.07, 6.45) is -0.291. The molecule has 0 heterocycles. The highest BCUT2D eigenvalue weighted by Crippen LogP contribution is 2.27. The molecule has 0 spiro atoms. The van der Waals surface area contributed by atoms with Crippen molar-refractivity contribution in [3.8, 4) is 5.75 Å². The average molecular weight is 294 g/mol. The Morgan fingerprint density at radius 3 is 2.52 bits per heavy atom. The fourth-order valence-corrected chi connectivity index (χ4v) is 1.60. The maximum absolute atomic E-state index is 11.8. The molecule has 0 bridgehead atoms. The molecule has 0 saturated carbocycles. The standard InChI is InChI=1S/C15H22N2O4/c1-5-12(19)16-9-10-7-6-8-11(18)13(10)17-14(20)21-15(2,3)4/h6-8,18H,5,9H2,1-4H3,(H,16,19)(H,17,20). The first-order valence-corrected chi connectivity index (χ1v) is 6.80. The zero-order valence-electron chi connectivity index (χ0n) is 12.8. The van der Waals surface area contributed by atoms with E-state index in [-0.39, 0.29) is 23.9 Å². The van der Waals surface area contributed by atoms with Crippen LogP contribution in [0.15, 0.2) is 18.2 Å². The molecule has 1 aromatic rings. The van der Waals surface area contributed by atoms with Crippen LogP contribution in [0.3, 0.4) is 0 Å². The minimum atomic E-state index is -0.660. The van der Waals surface area contributed by atoms with Gasteiger partial charge in [0.25, 0.3) is 0 Å². The van der Waals surface area contributed by atoms with E-state index in [2.05, 4.69) is 10.6 Å². The van der Waals surface area contributed by atoms with Gasteiger partial charge in [-0.25, -0.2) is 4.79 Å². The van der Waals surface area contributed by atoms with Gasteiger partial charge >= 0.3 is 6.09 Å². The lowest BCUT2D eigenvalue weighted by Gasteiger charge is -2.21. The van der Waals surface area contributed by atoms with Gasteiger partial charge in [0, 0.05) is 13.0 Å². The molecule has 0 saturated heterocycles. The molecule has 3 N–H and O–H groups in total. The number of aromatic hydroxyl groups is 1. The summed E-state index contributed by atoms with van der Waals surface area (Å²) in [6, 6.07) is 4.81. The number of amides is 2. The molecule has 0 fully saturated rings. The summed E-state index contributed by atoms with van der Waals surface area (Å²) in [5.41, 5.74) is 0.205. The van der Waals surface area contributed by atoms with E-state index >= 15 is 0 Å². The topological polar surface area (TPSA) is 87.7 Å². The average Bonchev–Trinajstić information content (AvgIpc) is 2.37. The van der Waals surface area contributed by atoms with Gasteiger partial charge in [-0.3, -0.25) is 10.1 Å². The van der Waals surface area contributed by atoms with Crippen molar-refractivity contribution in [3.63, 3.8) is 0 Å². The number of ether oxygens (including phenoxy) is 1. The number of nitrogens with one attached hydrogen (secondary N) is 2. The molecule has 0 unspecified atom stereocenters. The zero-order valence-corrected chi connectivity index (χ0v) is 12.8. The van der Waals surface area contributed by atoms with Gasteiger partial charge in [-0.15, -0.1) is 0 Å². The zero-order chi connectivity index (χ0) is 16.0. The van der Waals surface area contributed by atoms with Gasteiger partial charge in [0.15, 0.2) is 0 Å². The lowest BCUT2D eigenvalue weighted by Crippen LogP contribution is -2.28. The van der Waals surface area contributed by atoms with Gasteiger partial charge in [0.2, 0.25) is 5.91 Å². The maximum atomic E-state index is 11.8. The van der Waals surface area contributed by atoms with E-state index in [1.54, 1.807) is 39.8 Å². The molecule has 116 valence electrons. The van der Waals surface area contributed by atoms with Crippen LogP contribution in [0.1, 0.15) is 39.7 Å². The third-order valence-electron chi connectivity index (χ3n) is 2.55. The van der Waals surface area contributed by atoms with E-state index in [0.717, 1.165) is 0 Å². The normalized spacial score (nSPS) is 10.9. The van der Waals surface area contributed by atoms with Crippen LogP contribution in [0, 0.1) is 0 Å². The summed E-state index contributed by atoms with van der Waals surface area (Å²) >= 11 is 0.